The van der Waals surface area contributed by atoms with Crippen molar-refractivity contribution in [2.45, 2.75) is 13.5 Å². The number of ether oxygens (including phenoxy) is 1. The number of rotatable bonds is 5. The smallest absolute Gasteiger partial charge is 0.268 e. The lowest BCUT2D eigenvalue weighted by atomic mass is 10.1. The molecule has 0 aliphatic carbocycles. The van der Waals surface area contributed by atoms with E-state index in [2.05, 4.69) is 19.0 Å². The van der Waals surface area contributed by atoms with Crippen molar-refractivity contribution in [3.05, 3.63) is 75.8 Å². The van der Waals surface area contributed by atoms with Crippen molar-refractivity contribution < 1.29 is 9.53 Å². The predicted octanol–water partition coefficient (Wildman–Crippen LogP) is 2.48. The Hall–Kier alpha value is -3.59. The third kappa shape index (κ3) is 3.72. The molecule has 8 nitrogen and oxygen atoms in total. The molecule has 9 heteroatoms. The van der Waals surface area contributed by atoms with E-state index in [1.165, 1.54) is 17.9 Å². The van der Waals surface area contributed by atoms with Gasteiger partial charge in [0.25, 0.3) is 11.5 Å². The quantitative estimate of drug-likeness (QED) is 0.546. The number of nitrogens with zero attached hydrogens (tertiary/aromatic N) is 4. The number of nitrogens with one attached hydrogen (secondary N) is 1. The molecule has 0 spiro atoms. The molecule has 0 radical (unpaired) electrons. The number of benzene rings is 1. The van der Waals surface area contributed by atoms with Crippen LogP contribution in [0.5, 0.6) is 5.88 Å². The van der Waals surface area contributed by atoms with Crippen molar-refractivity contribution in [1.29, 1.82) is 0 Å². The second-order valence-electron chi connectivity index (χ2n) is 6.38. The normalized spacial score (nSPS) is 10.8. The Morgan fingerprint density at radius 1 is 1.17 bits per heavy atom. The van der Waals surface area contributed by atoms with Crippen LogP contribution in [0.15, 0.2) is 53.6 Å². The van der Waals surface area contributed by atoms with E-state index in [9.17, 15) is 9.59 Å². The molecule has 146 valence electrons. The van der Waals surface area contributed by atoms with Crippen LogP contribution in [0.25, 0.3) is 16.7 Å². The highest BCUT2D eigenvalue weighted by molar-refractivity contribution is 7.00. The van der Waals surface area contributed by atoms with Crippen molar-refractivity contribution in [2.75, 3.05) is 7.11 Å². The average Bonchev–Trinajstić information content (AvgIpc) is 3.20. The Labute approximate surface area is 170 Å². The number of pyridine rings is 2. The molecule has 3 heterocycles. The zero-order chi connectivity index (χ0) is 20.4. The molecule has 1 aromatic carbocycles. The molecular weight excluding hydrogens is 390 g/mol. The average molecular weight is 407 g/mol. The van der Waals surface area contributed by atoms with Gasteiger partial charge in [-0.1, -0.05) is 6.07 Å². The Bertz CT molecular complexity index is 1250. The van der Waals surface area contributed by atoms with E-state index in [1.54, 1.807) is 31.3 Å². The lowest BCUT2D eigenvalue weighted by molar-refractivity contribution is 0.0948. The Morgan fingerprint density at radius 3 is 2.76 bits per heavy atom. The van der Waals surface area contributed by atoms with Crippen LogP contribution in [-0.4, -0.2) is 31.3 Å². The summed E-state index contributed by atoms with van der Waals surface area (Å²) in [6.45, 7) is 2.02. The van der Waals surface area contributed by atoms with Crippen molar-refractivity contribution >= 4 is 28.7 Å². The molecule has 0 aliphatic rings. The van der Waals surface area contributed by atoms with Crippen LogP contribution < -0.4 is 15.6 Å². The zero-order valence-electron chi connectivity index (χ0n) is 15.7. The van der Waals surface area contributed by atoms with Crippen LogP contribution >= 0.6 is 11.7 Å². The first-order valence-corrected chi connectivity index (χ1v) is 9.52. The minimum Gasteiger partial charge on any atom is -0.481 e. The third-order valence-electron chi connectivity index (χ3n) is 4.51. The van der Waals surface area contributed by atoms with Crippen LogP contribution in [0, 0.1) is 6.92 Å². The molecule has 3 aromatic heterocycles. The molecule has 1 amide bonds. The first-order chi connectivity index (χ1) is 14.1. The molecule has 4 rings (SSSR count). The van der Waals surface area contributed by atoms with E-state index in [4.69, 9.17) is 4.74 Å². The number of aromatic nitrogens is 4. The summed E-state index contributed by atoms with van der Waals surface area (Å²) in [5.41, 5.74) is 3.32. The van der Waals surface area contributed by atoms with Gasteiger partial charge in [0.2, 0.25) is 5.88 Å². The number of methoxy groups -OCH3 is 1. The number of hydrogen-bond donors (Lipinski definition) is 1. The maximum absolute atomic E-state index is 13.0. The summed E-state index contributed by atoms with van der Waals surface area (Å²) in [6, 6.07) is 10.7. The SMILES string of the molecule is COc1ccc(-n2ccc(C)c(C(=O)NCc3ccc4nsnc4c3)c2=O)cn1. The summed E-state index contributed by atoms with van der Waals surface area (Å²) < 4.78 is 14.8. The van der Waals surface area contributed by atoms with E-state index < -0.39 is 11.5 Å². The second-order valence-corrected chi connectivity index (χ2v) is 6.91. The Morgan fingerprint density at radius 2 is 2.00 bits per heavy atom. The van der Waals surface area contributed by atoms with Gasteiger partial charge >= 0.3 is 0 Å². The van der Waals surface area contributed by atoms with E-state index in [0.29, 0.717) is 17.1 Å². The fourth-order valence-corrected chi connectivity index (χ4v) is 3.47. The predicted molar refractivity (Wildman–Crippen MR) is 110 cm³/mol. The number of carbonyl (C=O) groups is 1. The lowest BCUT2D eigenvalue weighted by Gasteiger charge is -2.11. The molecule has 0 aliphatic heterocycles. The van der Waals surface area contributed by atoms with Gasteiger partial charge in [-0.3, -0.25) is 14.2 Å². The molecule has 1 N–H and O–H groups in total. The standard InChI is InChI=1S/C20H17N5O3S/c1-12-7-8-25(14-4-6-17(28-2)21-11-14)20(27)18(12)19(26)22-10-13-3-5-15-16(9-13)24-29-23-15/h3-9,11H,10H2,1-2H3,(H,22,26). The highest BCUT2D eigenvalue weighted by Crippen LogP contribution is 2.14. The number of fused-ring (bicyclic) bond motifs is 1. The Balaban J connectivity index is 1.59. The largest absolute Gasteiger partial charge is 0.481 e. The summed E-state index contributed by atoms with van der Waals surface area (Å²) in [4.78, 5) is 29.9. The Kier molecular flexibility index (Phi) is 5.05. The monoisotopic (exact) mass is 407 g/mol. The summed E-state index contributed by atoms with van der Waals surface area (Å²) in [6.07, 6.45) is 3.15. The molecular formula is C20H17N5O3S. The van der Waals surface area contributed by atoms with Gasteiger partial charge in [0, 0.05) is 18.8 Å². The van der Waals surface area contributed by atoms with Crippen molar-refractivity contribution in [3.8, 4) is 11.6 Å². The van der Waals surface area contributed by atoms with Crippen molar-refractivity contribution in [1.82, 2.24) is 23.6 Å². The number of hydrogen-bond acceptors (Lipinski definition) is 7. The zero-order valence-corrected chi connectivity index (χ0v) is 16.6. The molecule has 0 bridgehead atoms. The first-order valence-electron chi connectivity index (χ1n) is 8.79. The summed E-state index contributed by atoms with van der Waals surface area (Å²) in [7, 11) is 1.52. The van der Waals surface area contributed by atoms with Crippen molar-refractivity contribution in [2.24, 2.45) is 0 Å². The minimum atomic E-state index is -0.431. The maximum Gasteiger partial charge on any atom is 0.268 e. The van der Waals surface area contributed by atoms with E-state index in [1.807, 2.05) is 18.2 Å². The van der Waals surface area contributed by atoms with Gasteiger partial charge in [0.1, 0.15) is 16.6 Å². The van der Waals surface area contributed by atoms with Gasteiger partial charge in [-0.15, -0.1) is 0 Å². The molecule has 0 atom stereocenters. The van der Waals surface area contributed by atoms with Crippen LogP contribution in [0.3, 0.4) is 0 Å². The highest BCUT2D eigenvalue weighted by atomic mass is 32.1. The fraction of sp³-hybridized carbons (Fsp3) is 0.150. The van der Waals surface area contributed by atoms with Gasteiger partial charge in [-0.05, 0) is 42.3 Å². The van der Waals surface area contributed by atoms with Gasteiger partial charge < -0.3 is 10.1 Å². The summed E-state index contributed by atoms with van der Waals surface area (Å²) in [5.74, 6) is 0.0129. The van der Waals surface area contributed by atoms with Crippen molar-refractivity contribution in [3.63, 3.8) is 0 Å². The number of aryl methyl sites for hydroxylation is 1. The van der Waals surface area contributed by atoms with Gasteiger partial charge in [-0.25, -0.2) is 4.98 Å². The molecule has 0 saturated heterocycles. The summed E-state index contributed by atoms with van der Waals surface area (Å²) >= 11 is 1.14. The fourth-order valence-electron chi connectivity index (χ4n) is 2.95. The molecule has 0 fully saturated rings. The van der Waals surface area contributed by atoms with Crippen LogP contribution in [0.2, 0.25) is 0 Å². The van der Waals surface area contributed by atoms with Gasteiger partial charge in [-0.2, -0.15) is 8.75 Å². The van der Waals surface area contributed by atoms with Crippen LogP contribution in [0.4, 0.5) is 0 Å². The summed E-state index contributed by atoms with van der Waals surface area (Å²) in [5, 5.41) is 2.82. The van der Waals surface area contributed by atoms with E-state index in [-0.39, 0.29) is 12.1 Å². The van der Waals surface area contributed by atoms with E-state index in [0.717, 1.165) is 28.3 Å². The molecule has 29 heavy (non-hydrogen) atoms. The lowest BCUT2D eigenvalue weighted by Crippen LogP contribution is -2.33. The van der Waals surface area contributed by atoms with Crippen LogP contribution in [-0.2, 0) is 6.54 Å². The highest BCUT2D eigenvalue weighted by Gasteiger charge is 2.16. The number of amides is 1. The van der Waals surface area contributed by atoms with E-state index >= 15 is 0 Å². The molecule has 0 unspecified atom stereocenters. The van der Waals surface area contributed by atoms with Gasteiger partial charge in [0.05, 0.1) is 30.7 Å². The topological polar surface area (TPSA) is 99.0 Å². The number of carbonyl (C=O) groups excluding carboxylic acids is 1. The molecule has 4 aromatic rings. The molecule has 0 saturated carbocycles. The minimum absolute atomic E-state index is 0.0970. The van der Waals surface area contributed by atoms with Gasteiger partial charge in [0.15, 0.2) is 0 Å². The second kappa shape index (κ2) is 7.80. The third-order valence-corrected chi connectivity index (χ3v) is 5.06. The first kappa shape index (κ1) is 18.8. The van der Waals surface area contributed by atoms with Crippen LogP contribution in [0.1, 0.15) is 21.5 Å². The maximum atomic E-state index is 13.0.